The molecule has 0 spiro atoms. The number of rotatable bonds is 2. The third-order valence-electron chi connectivity index (χ3n) is 3.16. The van der Waals surface area contributed by atoms with Crippen LogP contribution in [0.25, 0.3) is 10.4 Å². The van der Waals surface area contributed by atoms with Crippen LogP contribution in [0.4, 0.5) is 0 Å². The van der Waals surface area contributed by atoms with Gasteiger partial charge >= 0.3 is 0 Å². The number of Topliss-reactive ketones (excluding diaryl/α,β-unsaturated/α-hetero) is 1. The van der Waals surface area contributed by atoms with Gasteiger partial charge in [0.1, 0.15) is 5.75 Å². The van der Waals surface area contributed by atoms with E-state index >= 15 is 0 Å². The highest BCUT2D eigenvalue weighted by Gasteiger charge is 2.26. The van der Waals surface area contributed by atoms with Crippen molar-refractivity contribution in [2.75, 3.05) is 7.11 Å². The summed E-state index contributed by atoms with van der Waals surface area (Å²) in [6.45, 7) is 0. The highest BCUT2D eigenvalue weighted by atomic mass is 32.1. The fraction of sp³-hybridized carbons (Fsp3) is 0.214. The first-order chi connectivity index (χ1) is 8.31. The maximum atomic E-state index is 12.0. The van der Waals surface area contributed by atoms with Crippen molar-refractivity contribution < 1.29 is 9.53 Å². The summed E-state index contributed by atoms with van der Waals surface area (Å²) in [6, 6.07) is 8.02. The third-order valence-corrected chi connectivity index (χ3v) is 4.06. The summed E-state index contributed by atoms with van der Waals surface area (Å²) in [5.41, 5.74) is 2.99. The highest BCUT2D eigenvalue weighted by Crippen LogP contribution is 2.39. The topological polar surface area (TPSA) is 26.3 Å². The Labute approximate surface area is 104 Å². The smallest absolute Gasteiger partial charge is 0.164 e. The van der Waals surface area contributed by atoms with Gasteiger partial charge in [0.15, 0.2) is 5.78 Å². The van der Waals surface area contributed by atoms with Gasteiger partial charge in [0.25, 0.3) is 0 Å². The van der Waals surface area contributed by atoms with E-state index in [1.807, 2.05) is 23.6 Å². The molecule has 1 aromatic carbocycles. The number of carbonyl (C=O) groups excluding carboxylic acids is 1. The second-order valence-electron chi connectivity index (χ2n) is 4.07. The molecule has 1 aliphatic carbocycles. The maximum Gasteiger partial charge on any atom is 0.164 e. The molecular formula is C14H12O2S. The lowest BCUT2D eigenvalue weighted by molar-refractivity contribution is 0.0995. The van der Waals surface area contributed by atoms with Gasteiger partial charge in [-0.3, -0.25) is 4.79 Å². The molecule has 86 valence electrons. The van der Waals surface area contributed by atoms with Gasteiger partial charge in [-0.1, -0.05) is 6.07 Å². The van der Waals surface area contributed by atoms with E-state index in [1.54, 1.807) is 18.4 Å². The predicted molar refractivity (Wildman–Crippen MR) is 69.0 cm³/mol. The number of fused-ring (bicyclic) bond motifs is 1. The van der Waals surface area contributed by atoms with Gasteiger partial charge < -0.3 is 4.74 Å². The van der Waals surface area contributed by atoms with Gasteiger partial charge in [0.2, 0.25) is 0 Å². The lowest BCUT2D eigenvalue weighted by Gasteiger charge is -2.10. The van der Waals surface area contributed by atoms with E-state index in [0.29, 0.717) is 6.42 Å². The fourth-order valence-corrected chi connectivity index (χ4v) is 3.15. The number of hydrogen-bond donors (Lipinski definition) is 0. The summed E-state index contributed by atoms with van der Waals surface area (Å²) in [5, 5.41) is 2.03. The Morgan fingerprint density at radius 1 is 1.24 bits per heavy atom. The van der Waals surface area contributed by atoms with Crippen LogP contribution in [0, 0.1) is 0 Å². The molecule has 0 saturated heterocycles. The number of thiophene rings is 1. The van der Waals surface area contributed by atoms with E-state index < -0.39 is 0 Å². The van der Waals surface area contributed by atoms with Crippen LogP contribution >= 0.6 is 11.3 Å². The van der Waals surface area contributed by atoms with Crippen molar-refractivity contribution in [3.63, 3.8) is 0 Å². The molecule has 0 amide bonds. The summed E-state index contributed by atoms with van der Waals surface area (Å²) in [5.74, 6) is 1.08. The van der Waals surface area contributed by atoms with Gasteiger partial charge in [-0.2, -0.15) is 0 Å². The average molecular weight is 244 g/mol. The number of hydrogen-bond acceptors (Lipinski definition) is 3. The maximum absolute atomic E-state index is 12.0. The lowest BCUT2D eigenvalue weighted by Crippen LogP contribution is -1.97. The van der Waals surface area contributed by atoms with Gasteiger partial charge in [-0.05, 0) is 30.0 Å². The molecule has 0 N–H and O–H groups in total. The summed E-state index contributed by atoms with van der Waals surface area (Å²) >= 11 is 1.66. The Kier molecular flexibility index (Phi) is 2.48. The summed E-state index contributed by atoms with van der Waals surface area (Å²) in [7, 11) is 1.66. The minimum Gasteiger partial charge on any atom is -0.496 e. The van der Waals surface area contributed by atoms with E-state index in [0.717, 1.165) is 33.7 Å². The van der Waals surface area contributed by atoms with E-state index in [2.05, 4.69) is 6.07 Å². The van der Waals surface area contributed by atoms with Crippen LogP contribution in [-0.2, 0) is 6.42 Å². The number of methoxy groups -OCH3 is 1. The van der Waals surface area contributed by atoms with Crippen molar-refractivity contribution in [1.82, 2.24) is 0 Å². The number of ether oxygens (including phenoxy) is 1. The van der Waals surface area contributed by atoms with Gasteiger partial charge in [0, 0.05) is 28.0 Å². The van der Waals surface area contributed by atoms with E-state index in [4.69, 9.17) is 4.74 Å². The first-order valence-corrected chi connectivity index (χ1v) is 6.46. The summed E-state index contributed by atoms with van der Waals surface area (Å²) in [6.07, 6.45) is 1.41. The second-order valence-corrected chi connectivity index (χ2v) is 5.02. The molecule has 0 unspecified atom stereocenters. The van der Waals surface area contributed by atoms with E-state index in [1.165, 1.54) is 0 Å². The van der Waals surface area contributed by atoms with Crippen molar-refractivity contribution in [1.29, 1.82) is 0 Å². The van der Waals surface area contributed by atoms with Crippen molar-refractivity contribution in [2.24, 2.45) is 0 Å². The zero-order valence-electron chi connectivity index (χ0n) is 9.53. The van der Waals surface area contributed by atoms with Crippen molar-refractivity contribution in [3.8, 4) is 16.2 Å². The van der Waals surface area contributed by atoms with Crippen molar-refractivity contribution in [2.45, 2.75) is 12.8 Å². The Morgan fingerprint density at radius 2 is 2.12 bits per heavy atom. The largest absolute Gasteiger partial charge is 0.496 e. The number of benzene rings is 1. The fourth-order valence-electron chi connectivity index (χ4n) is 2.39. The molecule has 3 rings (SSSR count). The van der Waals surface area contributed by atoms with Crippen LogP contribution in [0.2, 0.25) is 0 Å². The molecule has 0 saturated carbocycles. The van der Waals surface area contributed by atoms with Crippen LogP contribution in [0.3, 0.4) is 0 Å². The van der Waals surface area contributed by atoms with Gasteiger partial charge in [-0.25, -0.2) is 0 Å². The van der Waals surface area contributed by atoms with Crippen LogP contribution in [0.5, 0.6) is 5.75 Å². The molecule has 2 aromatic rings. The molecule has 0 radical (unpaired) electrons. The molecule has 17 heavy (non-hydrogen) atoms. The van der Waals surface area contributed by atoms with E-state index in [-0.39, 0.29) is 5.78 Å². The second kappa shape index (κ2) is 4.00. The number of carbonyl (C=O) groups is 1. The standard InChI is InChI=1S/C14H12O2S/c1-16-12-7-5-10(13-3-2-8-17-13)14-9(12)4-6-11(14)15/h2-3,5,7-8H,4,6H2,1H3. The van der Waals surface area contributed by atoms with Crippen LogP contribution < -0.4 is 4.74 Å². The Balaban J connectivity index is 2.25. The molecule has 1 aliphatic rings. The van der Waals surface area contributed by atoms with Gasteiger partial charge in [-0.15, -0.1) is 11.3 Å². The lowest BCUT2D eigenvalue weighted by atomic mass is 10.0. The summed E-state index contributed by atoms with van der Waals surface area (Å²) in [4.78, 5) is 13.2. The molecular weight excluding hydrogens is 232 g/mol. The summed E-state index contributed by atoms with van der Waals surface area (Å²) < 4.78 is 5.33. The van der Waals surface area contributed by atoms with Crippen LogP contribution in [0.1, 0.15) is 22.3 Å². The minimum absolute atomic E-state index is 0.238. The zero-order valence-corrected chi connectivity index (χ0v) is 10.3. The monoisotopic (exact) mass is 244 g/mol. The predicted octanol–water partition coefficient (Wildman–Crippen LogP) is 3.55. The first kappa shape index (κ1) is 10.5. The number of ketones is 1. The Morgan fingerprint density at radius 3 is 2.82 bits per heavy atom. The molecule has 0 atom stereocenters. The molecule has 3 heteroatoms. The molecule has 1 aromatic heterocycles. The molecule has 2 nitrogen and oxygen atoms in total. The van der Waals surface area contributed by atoms with Crippen LogP contribution in [-0.4, -0.2) is 12.9 Å². The Bertz CT molecular complexity index is 570. The Hall–Kier alpha value is -1.61. The third kappa shape index (κ3) is 1.58. The quantitative estimate of drug-likeness (QED) is 0.807. The molecule has 0 fully saturated rings. The molecule has 0 bridgehead atoms. The normalized spacial score (nSPS) is 13.8. The first-order valence-electron chi connectivity index (χ1n) is 5.58. The zero-order chi connectivity index (χ0) is 11.8. The van der Waals surface area contributed by atoms with E-state index in [9.17, 15) is 4.79 Å². The average Bonchev–Trinajstić information content (AvgIpc) is 2.98. The SMILES string of the molecule is COc1ccc(-c2cccs2)c2c1CCC2=O. The highest BCUT2D eigenvalue weighted by molar-refractivity contribution is 7.13. The van der Waals surface area contributed by atoms with Gasteiger partial charge in [0.05, 0.1) is 7.11 Å². The minimum atomic E-state index is 0.238. The molecule has 0 aliphatic heterocycles. The van der Waals surface area contributed by atoms with Crippen molar-refractivity contribution in [3.05, 3.63) is 40.8 Å². The van der Waals surface area contributed by atoms with Crippen molar-refractivity contribution >= 4 is 17.1 Å². The molecule has 1 heterocycles. The van der Waals surface area contributed by atoms with Crippen LogP contribution in [0.15, 0.2) is 29.6 Å².